The minimum atomic E-state index is -0.716. The molecule has 0 bridgehead atoms. The molecule has 0 saturated carbocycles. The second-order valence-corrected chi connectivity index (χ2v) is 2.43. The summed E-state index contributed by atoms with van der Waals surface area (Å²) in [6.45, 7) is 3.19. The monoisotopic (exact) mass is 180 g/mol. The van der Waals surface area contributed by atoms with Gasteiger partial charge in [0.05, 0.1) is 0 Å². The smallest absolute Gasteiger partial charge is 0.303 e. The highest BCUT2D eigenvalue weighted by Gasteiger charge is 2.07. The van der Waals surface area contributed by atoms with Crippen molar-refractivity contribution in [3.05, 3.63) is 45.8 Å². The molecule has 0 atom stereocenters. The lowest BCUT2D eigenvalue weighted by Gasteiger charge is -2.00. The molecule has 1 aromatic rings. The molecule has 0 fully saturated rings. The first kappa shape index (κ1) is 9.18. The quantitative estimate of drug-likeness (QED) is 0.541. The number of hydrogen-bond donors (Lipinski definition) is 0. The maximum Gasteiger partial charge on any atom is 0.337 e. The molecule has 0 aliphatic heterocycles. The first-order chi connectivity index (χ1) is 6.07. The summed E-state index contributed by atoms with van der Waals surface area (Å²) in [6.07, 6.45) is 2.22. The van der Waals surface area contributed by atoms with E-state index in [0.29, 0.717) is 4.57 Å². The Labute approximate surface area is 73.5 Å². The van der Waals surface area contributed by atoms with Gasteiger partial charge in [0.2, 0.25) is 0 Å². The molecular weight excluding hydrogens is 172 g/mol. The van der Waals surface area contributed by atoms with Crippen molar-refractivity contribution in [2.45, 2.75) is 0 Å². The fourth-order valence-corrected chi connectivity index (χ4v) is 0.860. The van der Waals surface area contributed by atoms with Crippen molar-refractivity contribution in [3.8, 4) is 0 Å². The van der Waals surface area contributed by atoms with Gasteiger partial charge in [0.25, 0.3) is 11.5 Å². The molecule has 5 nitrogen and oxygen atoms in total. The molecule has 0 amide bonds. The lowest BCUT2D eigenvalue weighted by Crippen LogP contribution is -2.41. The molecule has 0 saturated heterocycles. The van der Waals surface area contributed by atoms with Gasteiger partial charge >= 0.3 is 5.69 Å². The van der Waals surface area contributed by atoms with Gasteiger partial charge in [-0.15, -0.1) is 0 Å². The molecule has 0 radical (unpaired) electrons. The fourth-order valence-electron chi connectivity index (χ4n) is 0.860. The first-order valence-corrected chi connectivity index (χ1v) is 3.53. The van der Waals surface area contributed by atoms with Gasteiger partial charge in [-0.1, -0.05) is 6.58 Å². The van der Waals surface area contributed by atoms with Crippen molar-refractivity contribution >= 4 is 5.91 Å². The average molecular weight is 180 g/mol. The number of allylic oxidation sites excluding steroid dienone is 1. The number of nitrogens with zero attached hydrogens (tertiary/aromatic N) is 2. The molecule has 0 N–H and O–H groups in total. The molecule has 1 aromatic heterocycles. The summed E-state index contributed by atoms with van der Waals surface area (Å²) in [7, 11) is 1.45. The van der Waals surface area contributed by atoms with E-state index in [4.69, 9.17) is 0 Å². The number of carbonyl (C=O) groups is 1. The van der Waals surface area contributed by atoms with Crippen LogP contribution in [-0.4, -0.2) is 15.0 Å². The van der Waals surface area contributed by atoms with E-state index in [1.165, 1.54) is 13.2 Å². The van der Waals surface area contributed by atoms with Gasteiger partial charge in [-0.3, -0.25) is 9.59 Å². The van der Waals surface area contributed by atoms with Crippen LogP contribution in [0.1, 0.15) is 4.79 Å². The van der Waals surface area contributed by atoms with Gasteiger partial charge in [-0.2, -0.15) is 4.57 Å². The van der Waals surface area contributed by atoms with Crippen LogP contribution in [0.4, 0.5) is 0 Å². The summed E-state index contributed by atoms with van der Waals surface area (Å²) in [5.74, 6) is -0.716. The van der Waals surface area contributed by atoms with E-state index in [9.17, 15) is 14.4 Å². The highest BCUT2D eigenvalue weighted by molar-refractivity contribution is 5.88. The predicted octanol–water partition coefficient (Wildman–Crippen LogP) is -0.627. The number of aromatic nitrogens is 2. The van der Waals surface area contributed by atoms with Crippen LogP contribution in [0.15, 0.2) is 34.5 Å². The second-order valence-electron chi connectivity index (χ2n) is 2.43. The van der Waals surface area contributed by atoms with E-state index >= 15 is 0 Å². The molecule has 68 valence electrons. The summed E-state index contributed by atoms with van der Waals surface area (Å²) < 4.78 is 1.66. The van der Waals surface area contributed by atoms with Crippen LogP contribution in [-0.2, 0) is 7.05 Å². The van der Waals surface area contributed by atoms with Crippen molar-refractivity contribution in [1.82, 2.24) is 9.13 Å². The maximum atomic E-state index is 11.2. The van der Waals surface area contributed by atoms with E-state index in [-0.39, 0.29) is 0 Å². The Bertz CT molecular complexity index is 467. The molecular formula is C8H8N2O3. The van der Waals surface area contributed by atoms with E-state index in [0.717, 1.165) is 16.7 Å². The largest absolute Gasteiger partial charge is 0.337 e. The Hall–Kier alpha value is -1.91. The molecule has 0 spiro atoms. The Kier molecular flexibility index (Phi) is 2.27. The summed E-state index contributed by atoms with van der Waals surface area (Å²) in [4.78, 5) is 33.4. The molecule has 0 unspecified atom stereocenters. The predicted molar refractivity (Wildman–Crippen MR) is 46.8 cm³/mol. The van der Waals surface area contributed by atoms with Crippen molar-refractivity contribution < 1.29 is 4.79 Å². The van der Waals surface area contributed by atoms with Crippen LogP contribution in [0, 0.1) is 0 Å². The number of hydrogen-bond acceptors (Lipinski definition) is 3. The third-order valence-electron chi connectivity index (χ3n) is 1.55. The molecule has 1 rings (SSSR count). The molecule has 1 heterocycles. The molecule has 5 heteroatoms. The standard InChI is InChI=1S/C8H8N2O3/c1-3-6(11)10-7(12)4-5-9(2)8(10)13/h3-5H,1H2,2H3. The van der Waals surface area contributed by atoms with Gasteiger partial charge in [-0.05, 0) is 6.08 Å². The van der Waals surface area contributed by atoms with E-state index < -0.39 is 17.2 Å². The van der Waals surface area contributed by atoms with Crippen molar-refractivity contribution in [1.29, 1.82) is 0 Å². The summed E-state index contributed by atoms with van der Waals surface area (Å²) in [5.41, 5.74) is -1.31. The minimum Gasteiger partial charge on any atom is -0.303 e. The molecule has 0 aliphatic carbocycles. The highest BCUT2D eigenvalue weighted by atomic mass is 16.2. The lowest BCUT2D eigenvalue weighted by atomic mass is 10.5. The molecule has 0 aromatic carbocycles. The van der Waals surface area contributed by atoms with Crippen LogP contribution in [0.3, 0.4) is 0 Å². The highest BCUT2D eigenvalue weighted by Crippen LogP contribution is 1.76. The van der Waals surface area contributed by atoms with E-state index in [1.54, 1.807) is 0 Å². The molecule has 13 heavy (non-hydrogen) atoms. The summed E-state index contributed by atoms with van der Waals surface area (Å²) in [5, 5.41) is 0. The third-order valence-corrected chi connectivity index (χ3v) is 1.55. The van der Waals surface area contributed by atoms with Crippen LogP contribution < -0.4 is 11.2 Å². The lowest BCUT2D eigenvalue weighted by molar-refractivity contribution is 0.0958. The van der Waals surface area contributed by atoms with Crippen LogP contribution in [0.2, 0.25) is 0 Å². The van der Waals surface area contributed by atoms with Crippen molar-refractivity contribution in [3.63, 3.8) is 0 Å². The zero-order valence-corrected chi connectivity index (χ0v) is 7.06. The van der Waals surface area contributed by atoms with Crippen LogP contribution >= 0.6 is 0 Å². The second kappa shape index (κ2) is 3.22. The van der Waals surface area contributed by atoms with Crippen molar-refractivity contribution in [2.75, 3.05) is 0 Å². The summed E-state index contributed by atoms with van der Waals surface area (Å²) >= 11 is 0. The Morgan fingerprint density at radius 1 is 1.54 bits per heavy atom. The van der Waals surface area contributed by atoms with Gasteiger partial charge in [0.1, 0.15) is 0 Å². The van der Waals surface area contributed by atoms with Gasteiger partial charge < -0.3 is 4.57 Å². The Morgan fingerprint density at radius 2 is 2.15 bits per heavy atom. The average Bonchev–Trinajstić information content (AvgIpc) is 2.12. The van der Waals surface area contributed by atoms with Gasteiger partial charge in [-0.25, -0.2) is 4.79 Å². The Balaban J connectivity index is 3.61. The van der Waals surface area contributed by atoms with Crippen LogP contribution in [0.25, 0.3) is 0 Å². The number of carbonyl (C=O) groups excluding carboxylic acids is 1. The van der Waals surface area contributed by atoms with E-state index in [2.05, 4.69) is 6.58 Å². The SMILES string of the molecule is C=CC(=O)n1c(=O)ccn(C)c1=O. The third kappa shape index (κ3) is 1.48. The minimum absolute atomic E-state index is 0.521. The first-order valence-electron chi connectivity index (χ1n) is 3.53. The zero-order valence-electron chi connectivity index (χ0n) is 7.06. The molecule has 0 aliphatic rings. The fraction of sp³-hybridized carbons (Fsp3) is 0.125. The Morgan fingerprint density at radius 3 is 2.69 bits per heavy atom. The van der Waals surface area contributed by atoms with E-state index in [1.807, 2.05) is 0 Å². The maximum absolute atomic E-state index is 11.2. The zero-order chi connectivity index (χ0) is 10.0. The normalized spacial score (nSPS) is 9.62. The summed E-state index contributed by atoms with van der Waals surface area (Å²) in [6, 6.07) is 1.14. The van der Waals surface area contributed by atoms with Gasteiger partial charge in [0, 0.05) is 19.3 Å². The van der Waals surface area contributed by atoms with Crippen LogP contribution in [0.5, 0.6) is 0 Å². The number of aryl methyl sites for hydroxylation is 1. The van der Waals surface area contributed by atoms with Gasteiger partial charge in [0.15, 0.2) is 0 Å². The topological polar surface area (TPSA) is 61.1 Å². The van der Waals surface area contributed by atoms with Crippen molar-refractivity contribution in [2.24, 2.45) is 7.05 Å². The number of rotatable bonds is 1.